The van der Waals surface area contributed by atoms with Gasteiger partial charge in [-0.3, -0.25) is 4.79 Å². The van der Waals surface area contributed by atoms with Gasteiger partial charge in [0.1, 0.15) is 23.5 Å². The van der Waals surface area contributed by atoms with Crippen LogP contribution in [0, 0.1) is 5.82 Å². The van der Waals surface area contributed by atoms with E-state index in [-0.39, 0.29) is 17.4 Å². The molecule has 2 heterocycles. The first kappa shape index (κ1) is 16.4. The predicted molar refractivity (Wildman–Crippen MR) is 88.9 cm³/mol. The van der Waals surface area contributed by atoms with Gasteiger partial charge in [-0.05, 0) is 19.1 Å². The van der Waals surface area contributed by atoms with Gasteiger partial charge >= 0.3 is 0 Å². The van der Waals surface area contributed by atoms with E-state index in [0.29, 0.717) is 29.4 Å². The van der Waals surface area contributed by atoms with Crippen molar-refractivity contribution in [3.63, 3.8) is 0 Å². The Morgan fingerprint density at radius 2 is 1.96 bits per heavy atom. The molecule has 1 aromatic carbocycles. The van der Waals surface area contributed by atoms with Gasteiger partial charge in [-0.15, -0.1) is 0 Å². The first-order valence-electron chi connectivity index (χ1n) is 7.86. The number of carbonyl (C=O) groups excluding carboxylic acids is 1. The molecule has 3 rings (SSSR count). The first-order chi connectivity index (χ1) is 11.3. The third-order valence-electron chi connectivity index (χ3n) is 3.80. The molecule has 24 heavy (non-hydrogen) atoms. The molecule has 1 aliphatic rings. The fraction of sp³-hybridized carbons (Fsp3) is 0.389. The maximum Gasteiger partial charge on any atom is 0.261 e. The molecule has 0 aliphatic carbocycles. The van der Waals surface area contributed by atoms with Gasteiger partial charge in [0.2, 0.25) is 0 Å². The highest BCUT2D eigenvalue weighted by atomic mass is 19.1. The van der Waals surface area contributed by atoms with Gasteiger partial charge < -0.3 is 9.64 Å². The second kappa shape index (κ2) is 5.85. The zero-order valence-corrected chi connectivity index (χ0v) is 14.2. The van der Waals surface area contributed by atoms with Gasteiger partial charge in [0.25, 0.3) is 5.91 Å². The quantitative estimate of drug-likeness (QED) is 0.805. The van der Waals surface area contributed by atoms with Crippen molar-refractivity contribution >= 4 is 11.6 Å². The third kappa shape index (κ3) is 3.09. The van der Waals surface area contributed by atoms with E-state index in [1.54, 1.807) is 23.4 Å². The summed E-state index contributed by atoms with van der Waals surface area (Å²) in [5.74, 6) is 0.428. The smallest absolute Gasteiger partial charge is 0.261 e. The summed E-state index contributed by atoms with van der Waals surface area (Å²) >= 11 is 0. The fourth-order valence-electron chi connectivity index (χ4n) is 2.59. The lowest BCUT2D eigenvalue weighted by atomic mass is 9.96. The molecule has 0 spiro atoms. The summed E-state index contributed by atoms with van der Waals surface area (Å²) in [6.45, 7) is 8.26. The van der Waals surface area contributed by atoms with Crippen LogP contribution in [-0.2, 0) is 5.41 Å². The summed E-state index contributed by atoms with van der Waals surface area (Å²) in [5.41, 5.74) is 0.769. The molecule has 5 nitrogen and oxygen atoms in total. The number of hydrogen-bond donors (Lipinski definition) is 0. The summed E-state index contributed by atoms with van der Waals surface area (Å²) in [4.78, 5) is 23.0. The average molecular weight is 329 g/mol. The van der Waals surface area contributed by atoms with Crippen LogP contribution in [0.5, 0.6) is 5.75 Å². The van der Waals surface area contributed by atoms with Gasteiger partial charge in [-0.25, -0.2) is 14.4 Å². The van der Waals surface area contributed by atoms with Crippen LogP contribution < -0.4 is 9.64 Å². The number of benzene rings is 1. The highest BCUT2D eigenvalue weighted by Crippen LogP contribution is 2.34. The number of halogens is 1. The second-order valence-corrected chi connectivity index (χ2v) is 7.00. The molecule has 1 atom stereocenters. The number of hydrogen-bond acceptors (Lipinski definition) is 4. The lowest BCUT2D eigenvalue weighted by molar-refractivity contribution is 0.0960. The molecule has 1 unspecified atom stereocenters. The van der Waals surface area contributed by atoms with Crippen LogP contribution in [0.3, 0.4) is 0 Å². The van der Waals surface area contributed by atoms with E-state index in [1.165, 1.54) is 12.1 Å². The van der Waals surface area contributed by atoms with Gasteiger partial charge in [-0.1, -0.05) is 20.8 Å². The standard InChI is InChI=1S/C18H20FN3O2/c1-11-10-22(14-6-5-13(19)7-15(14)24-11)16(23)12-8-20-17(21-9-12)18(2,3)4/h5-9,11H,10H2,1-4H3. The average Bonchev–Trinajstić information content (AvgIpc) is 2.52. The minimum Gasteiger partial charge on any atom is -0.487 e. The lowest BCUT2D eigenvalue weighted by Crippen LogP contribution is -2.42. The van der Waals surface area contributed by atoms with Gasteiger partial charge in [0, 0.05) is 23.9 Å². The van der Waals surface area contributed by atoms with Crippen molar-refractivity contribution in [1.82, 2.24) is 9.97 Å². The second-order valence-electron chi connectivity index (χ2n) is 7.00. The summed E-state index contributed by atoms with van der Waals surface area (Å²) < 4.78 is 19.1. The zero-order chi connectivity index (χ0) is 17.5. The van der Waals surface area contributed by atoms with Crippen LogP contribution in [0.4, 0.5) is 10.1 Å². The largest absolute Gasteiger partial charge is 0.487 e. The van der Waals surface area contributed by atoms with E-state index in [4.69, 9.17) is 4.74 Å². The Bertz CT molecular complexity index is 769. The SMILES string of the molecule is CC1CN(C(=O)c2cnc(C(C)(C)C)nc2)c2ccc(F)cc2O1. The Kier molecular flexibility index (Phi) is 3.99. The van der Waals surface area contributed by atoms with E-state index < -0.39 is 5.82 Å². The van der Waals surface area contributed by atoms with Crippen LogP contribution in [0.1, 0.15) is 43.9 Å². The molecular formula is C18H20FN3O2. The number of nitrogens with zero attached hydrogens (tertiary/aromatic N) is 3. The molecule has 6 heteroatoms. The van der Waals surface area contributed by atoms with E-state index in [9.17, 15) is 9.18 Å². The highest BCUT2D eigenvalue weighted by molar-refractivity contribution is 6.06. The Hall–Kier alpha value is -2.50. The van der Waals surface area contributed by atoms with Crippen LogP contribution in [-0.4, -0.2) is 28.5 Å². The van der Waals surface area contributed by atoms with Crippen molar-refractivity contribution in [3.8, 4) is 5.75 Å². The molecule has 1 aliphatic heterocycles. The van der Waals surface area contributed by atoms with E-state index >= 15 is 0 Å². The predicted octanol–water partition coefficient (Wildman–Crippen LogP) is 3.34. The van der Waals surface area contributed by atoms with Gasteiger partial charge in [0.05, 0.1) is 17.8 Å². The zero-order valence-electron chi connectivity index (χ0n) is 14.2. The van der Waals surface area contributed by atoms with Crippen LogP contribution in [0.2, 0.25) is 0 Å². The van der Waals surface area contributed by atoms with Gasteiger partial charge in [-0.2, -0.15) is 0 Å². The van der Waals surface area contributed by atoms with Crippen molar-refractivity contribution in [1.29, 1.82) is 0 Å². The van der Waals surface area contributed by atoms with E-state index in [1.807, 2.05) is 27.7 Å². The Labute approximate surface area is 140 Å². The summed E-state index contributed by atoms with van der Waals surface area (Å²) in [6.07, 6.45) is 2.86. The molecule has 0 saturated heterocycles. The minimum absolute atomic E-state index is 0.181. The Morgan fingerprint density at radius 3 is 2.58 bits per heavy atom. The number of amides is 1. The van der Waals surface area contributed by atoms with Crippen LogP contribution in [0.25, 0.3) is 0 Å². The number of rotatable bonds is 1. The van der Waals surface area contributed by atoms with Crippen molar-refractivity contribution in [2.24, 2.45) is 0 Å². The number of carbonyl (C=O) groups is 1. The molecule has 0 fully saturated rings. The molecule has 2 aromatic rings. The third-order valence-corrected chi connectivity index (χ3v) is 3.80. The normalized spacial score (nSPS) is 17.2. The number of fused-ring (bicyclic) bond motifs is 1. The molecule has 126 valence electrons. The van der Waals surface area contributed by atoms with E-state index in [0.717, 1.165) is 0 Å². The molecule has 1 aromatic heterocycles. The number of anilines is 1. The van der Waals surface area contributed by atoms with Crippen LogP contribution >= 0.6 is 0 Å². The number of aromatic nitrogens is 2. The topological polar surface area (TPSA) is 55.3 Å². The Balaban J connectivity index is 1.93. The molecule has 1 amide bonds. The van der Waals surface area contributed by atoms with Gasteiger partial charge in [0.15, 0.2) is 0 Å². The molecule has 0 radical (unpaired) electrons. The maximum atomic E-state index is 13.4. The van der Waals surface area contributed by atoms with Crippen LogP contribution in [0.15, 0.2) is 30.6 Å². The molecule has 0 bridgehead atoms. The monoisotopic (exact) mass is 329 g/mol. The fourth-order valence-corrected chi connectivity index (χ4v) is 2.59. The highest BCUT2D eigenvalue weighted by Gasteiger charge is 2.29. The molecular weight excluding hydrogens is 309 g/mol. The maximum absolute atomic E-state index is 13.4. The molecule has 0 saturated carbocycles. The first-order valence-corrected chi connectivity index (χ1v) is 7.86. The van der Waals surface area contributed by atoms with Crippen molar-refractivity contribution in [2.45, 2.75) is 39.2 Å². The number of ether oxygens (including phenoxy) is 1. The Morgan fingerprint density at radius 1 is 1.29 bits per heavy atom. The lowest BCUT2D eigenvalue weighted by Gasteiger charge is -2.33. The summed E-state index contributed by atoms with van der Waals surface area (Å²) in [6, 6.07) is 4.17. The summed E-state index contributed by atoms with van der Waals surface area (Å²) in [5, 5.41) is 0. The molecule has 0 N–H and O–H groups in total. The van der Waals surface area contributed by atoms with Crippen molar-refractivity contribution in [2.75, 3.05) is 11.4 Å². The van der Waals surface area contributed by atoms with Crippen molar-refractivity contribution < 1.29 is 13.9 Å². The van der Waals surface area contributed by atoms with Crippen molar-refractivity contribution in [3.05, 3.63) is 47.8 Å². The minimum atomic E-state index is -0.395. The van der Waals surface area contributed by atoms with E-state index in [2.05, 4.69) is 9.97 Å². The summed E-state index contributed by atoms with van der Waals surface area (Å²) in [7, 11) is 0.